The van der Waals surface area contributed by atoms with Gasteiger partial charge in [-0.3, -0.25) is 14.6 Å². The molecule has 1 aliphatic rings. The van der Waals surface area contributed by atoms with Crippen LogP contribution in [0.3, 0.4) is 0 Å². The Kier molecular flexibility index (Phi) is 5.97. The predicted molar refractivity (Wildman–Crippen MR) is 111 cm³/mol. The quantitative estimate of drug-likeness (QED) is 0.697. The number of hydrogen-bond acceptors (Lipinski definition) is 6. The van der Waals surface area contributed by atoms with Crippen LogP contribution in [-0.4, -0.2) is 58.6 Å². The maximum atomic E-state index is 12.2. The Labute approximate surface area is 170 Å². The molecule has 0 unspecified atom stereocenters. The highest BCUT2D eigenvalue weighted by molar-refractivity contribution is 5.92. The lowest BCUT2D eigenvalue weighted by molar-refractivity contribution is -0.117. The number of rotatable bonds is 6. The van der Waals surface area contributed by atoms with E-state index in [0.29, 0.717) is 24.9 Å². The standard InChI is InChI=1S/C22H25N5O2/c1-17-7-9-18(10-8-17)22-25-24-21(29-22)16-27-13-11-26(12-14-27)15-20(28)23-19-5-3-2-4-6-19/h2-10H,11-16H2,1H3,(H,23,28). The van der Waals surface area contributed by atoms with Crippen molar-refractivity contribution in [1.82, 2.24) is 20.0 Å². The molecule has 7 nitrogen and oxygen atoms in total. The average Bonchev–Trinajstić information content (AvgIpc) is 3.19. The lowest BCUT2D eigenvalue weighted by Gasteiger charge is -2.33. The molecule has 150 valence electrons. The second kappa shape index (κ2) is 8.98. The summed E-state index contributed by atoms with van der Waals surface area (Å²) in [7, 11) is 0. The van der Waals surface area contributed by atoms with Crippen molar-refractivity contribution in [3.05, 3.63) is 66.1 Å². The van der Waals surface area contributed by atoms with Gasteiger partial charge in [-0.05, 0) is 31.2 Å². The summed E-state index contributed by atoms with van der Waals surface area (Å²) in [4.78, 5) is 16.7. The summed E-state index contributed by atoms with van der Waals surface area (Å²) in [5.41, 5.74) is 2.96. The second-order valence-corrected chi connectivity index (χ2v) is 7.33. The van der Waals surface area contributed by atoms with Gasteiger partial charge in [0, 0.05) is 37.4 Å². The van der Waals surface area contributed by atoms with Gasteiger partial charge in [-0.2, -0.15) is 0 Å². The summed E-state index contributed by atoms with van der Waals surface area (Å²) in [5, 5.41) is 11.3. The van der Waals surface area contributed by atoms with Crippen molar-refractivity contribution in [3.8, 4) is 11.5 Å². The monoisotopic (exact) mass is 391 g/mol. The average molecular weight is 391 g/mol. The highest BCUT2D eigenvalue weighted by Gasteiger charge is 2.21. The first-order valence-corrected chi connectivity index (χ1v) is 9.85. The summed E-state index contributed by atoms with van der Waals surface area (Å²) in [6.45, 7) is 6.47. The number of benzene rings is 2. The van der Waals surface area contributed by atoms with Gasteiger partial charge in [-0.1, -0.05) is 35.9 Å². The highest BCUT2D eigenvalue weighted by Crippen LogP contribution is 2.19. The molecule has 0 saturated carbocycles. The number of aryl methyl sites for hydroxylation is 1. The van der Waals surface area contributed by atoms with E-state index < -0.39 is 0 Å². The highest BCUT2D eigenvalue weighted by atomic mass is 16.4. The zero-order valence-corrected chi connectivity index (χ0v) is 16.5. The SMILES string of the molecule is Cc1ccc(-c2nnc(CN3CCN(CC(=O)Nc4ccccc4)CC3)o2)cc1. The molecule has 4 rings (SSSR count). The van der Waals surface area contributed by atoms with Crippen LogP contribution in [0.4, 0.5) is 5.69 Å². The molecular formula is C22H25N5O2. The van der Waals surface area contributed by atoms with Gasteiger partial charge in [0.1, 0.15) is 0 Å². The van der Waals surface area contributed by atoms with E-state index >= 15 is 0 Å². The van der Waals surface area contributed by atoms with Gasteiger partial charge in [-0.15, -0.1) is 10.2 Å². The molecule has 1 fully saturated rings. The minimum atomic E-state index is 0.0179. The minimum Gasteiger partial charge on any atom is -0.419 e. The fourth-order valence-electron chi connectivity index (χ4n) is 3.35. The van der Waals surface area contributed by atoms with Gasteiger partial charge in [-0.25, -0.2) is 0 Å². The molecule has 0 aliphatic carbocycles. The van der Waals surface area contributed by atoms with E-state index in [9.17, 15) is 4.79 Å². The van der Waals surface area contributed by atoms with Crippen molar-refractivity contribution in [1.29, 1.82) is 0 Å². The molecule has 7 heteroatoms. The number of carbonyl (C=O) groups excluding carboxylic acids is 1. The largest absolute Gasteiger partial charge is 0.419 e. The molecular weight excluding hydrogens is 366 g/mol. The summed E-state index contributed by atoms with van der Waals surface area (Å²) in [6.07, 6.45) is 0. The van der Waals surface area contributed by atoms with Crippen LogP contribution in [-0.2, 0) is 11.3 Å². The Morgan fingerprint density at radius 3 is 2.38 bits per heavy atom. The Morgan fingerprint density at radius 1 is 0.966 bits per heavy atom. The minimum absolute atomic E-state index is 0.0179. The summed E-state index contributed by atoms with van der Waals surface area (Å²) in [5.74, 6) is 1.19. The lowest BCUT2D eigenvalue weighted by atomic mass is 10.1. The molecule has 1 saturated heterocycles. The second-order valence-electron chi connectivity index (χ2n) is 7.33. The molecule has 29 heavy (non-hydrogen) atoms. The Balaban J connectivity index is 1.24. The number of hydrogen-bond donors (Lipinski definition) is 1. The van der Waals surface area contributed by atoms with Gasteiger partial charge in [0.2, 0.25) is 17.7 Å². The molecule has 0 spiro atoms. The first-order chi connectivity index (χ1) is 14.2. The van der Waals surface area contributed by atoms with Crippen LogP contribution < -0.4 is 5.32 Å². The topological polar surface area (TPSA) is 74.5 Å². The van der Waals surface area contributed by atoms with E-state index in [1.54, 1.807) is 0 Å². The van der Waals surface area contributed by atoms with Gasteiger partial charge in [0.05, 0.1) is 13.1 Å². The summed E-state index contributed by atoms with van der Waals surface area (Å²) in [6, 6.07) is 17.6. The number of amides is 1. The third-order valence-corrected chi connectivity index (χ3v) is 5.01. The number of nitrogens with zero attached hydrogens (tertiary/aromatic N) is 4. The molecule has 1 aromatic heterocycles. The molecule has 0 radical (unpaired) electrons. The van der Waals surface area contributed by atoms with E-state index in [2.05, 4.69) is 25.3 Å². The van der Waals surface area contributed by atoms with Crippen molar-refractivity contribution in [2.75, 3.05) is 38.0 Å². The van der Waals surface area contributed by atoms with Crippen LogP contribution in [0.2, 0.25) is 0 Å². The van der Waals surface area contributed by atoms with Crippen LogP contribution in [0.5, 0.6) is 0 Å². The van der Waals surface area contributed by atoms with Gasteiger partial charge in [0.25, 0.3) is 0 Å². The number of para-hydroxylation sites is 1. The Morgan fingerprint density at radius 2 is 1.66 bits per heavy atom. The fraction of sp³-hybridized carbons (Fsp3) is 0.318. The maximum absolute atomic E-state index is 12.2. The van der Waals surface area contributed by atoms with Gasteiger partial charge >= 0.3 is 0 Å². The van der Waals surface area contributed by atoms with Crippen LogP contribution in [0, 0.1) is 6.92 Å². The number of nitrogens with one attached hydrogen (secondary N) is 1. The number of anilines is 1. The van der Waals surface area contributed by atoms with Crippen molar-refractivity contribution < 1.29 is 9.21 Å². The smallest absolute Gasteiger partial charge is 0.247 e. The van der Waals surface area contributed by atoms with Gasteiger partial charge in [0.15, 0.2) is 0 Å². The normalized spacial score (nSPS) is 15.3. The van der Waals surface area contributed by atoms with Crippen molar-refractivity contribution in [2.24, 2.45) is 0 Å². The Hall–Kier alpha value is -3.03. The van der Waals surface area contributed by atoms with E-state index in [0.717, 1.165) is 37.4 Å². The molecule has 1 amide bonds. The van der Waals surface area contributed by atoms with E-state index in [4.69, 9.17) is 4.42 Å². The maximum Gasteiger partial charge on any atom is 0.247 e. The lowest BCUT2D eigenvalue weighted by Crippen LogP contribution is -2.48. The Bertz CT molecular complexity index is 931. The molecule has 0 atom stereocenters. The zero-order chi connectivity index (χ0) is 20.1. The molecule has 1 aliphatic heterocycles. The number of carbonyl (C=O) groups is 1. The van der Waals surface area contributed by atoms with Crippen LogP contribution in [0.1, 0.15) is 11.5 Å². The third-order valence-electron chi connectivity index (χ3n) is 5.01. The van der Waals surface area contributed by atoms with Crippen molar-refractivity contribution in [3.63, 3.8) is 0 Å². The van der Waals surface area contributed by atoms with E-state index in [-0.39, 0.29) is 5.91 Å². The van der Waals surface area contributed by atoms with Crippen molar-refractivity contribution in [2.45, 2.75) is 13.5 Å². The third kappa shape index (κ3) is 5.28. The van der Waals surface area contributed by atoms with E-state index in [1.807, 2.05) is 61.5 Å². The molecule has 0 bridgehead atoms. The molecule has 2 aromatic carbocycles. The van der Waals surface area contributed by atoms with E-state index in [1.165, 1.54) is 5.56 Å². The van der Waals surface area contributed by atoms with Crippen molar-refractivity contribution >= 4 is 11.6 Å². The van der Waals surface area contributed by atoms with Gasteiger partial charge < -0.3 is 9.73 Å². The fourth-order valence-corrected chi connectivity index (χ4v) is 3.35. The molecule has 1 N–H and O–H groups in total. The van der Waals surface area contributed by atoms with Crippen LogP contribution in [0.15, 0.2) is 59.0 Å². The number of piperazine rings is 1. The predicted octanol–water partition coefficient (Wildman–Crippen LogP) is 2.80. The molecule has 2 heterocycles. The summed E-state index contributed by atoms with van der Waals surface area (Å²) < 4.78 is 5.83. The van der Waals surface area contributed by atoms with Crippen LogP contribution in [0.25, 0.3) is 11.5 Å². The zero-order valence-electron chi connectivity index (χ0n) is 16.5. The van der Waals surface area contributed by atoms with Crippen LogP contribution >= 0.6 is 0 Å². The summed E-state index contributed by atoms with van der Waals surface area (Å²) >= 11 is 0. The molecule has 3 aromatic rings. The first kappa shape index (κ1) is 19.3. The first-order valence-electron chi connectivity index (χ1n) is 9.85. The number of aromatic nitrogens is 2.